The summed E-state index contributed by atoms with van der Waals surface area (Å²) in [6, 6.07) is -1.35. The molecule has 0 aromatic heterocycles. The Hall–Kier alpha value is -1.32. The minimum Gasteiger partial charge on any atom is -0.500 e. The van der Waals surface area contributed by atoms with Crippen molar-refractivity contribution in [2.24, 2.45) is 0 Å². The summed E-state index contributed by atoms with van der Waals surface area (Å²) in [6.45, 7) is 0. The number of carbonyl (C=O) groups is 1. The Bertz CT molecular complexity index is 182. The Morgan fingerprint density at radius 3 is 2.20 bits per heavy atom. The number of rotatable bonds is 3. The molecule has 5 nitrogen and oxygen atoms in total. The zero-order chi connectivity index (χ0) is 8.15. The van der Waals surface area contributed by atoms with Crippen molar-refractivity contribution in [3.05, 3.63) is 5.76 Å². The van der Waals surface area contributed by atoms with Gasteiger partial charge in [-0.2, -0.15) is 0 Å². The maximum Gasteiger partial charge on any atom is 0.329 e. The predicted octanol–water partition coefficient (Wildman–Crippen LogP) is -1.07. The van der Waals surface area contributed by atoms with E-state index < -0.39 is 17.8 Å². The molecule has 0 rings (SSSR count). The fraction of sp³-hybridized carbons (Fsp3) is 0.400. The van der Waals surface area contributed by atoms with Crippen LogP contribution in [0.5, 0.6) is 0 Å². The molecule has 1 atom stereocenters. The van der Waals surface area contributed by atoms with Crippen molar-refractivity contribution in [1.82, 2.24) is 5.32 Å². The van der Waals surface area contributed by atoms with Crippen LogP contribution in [0.15, 0.2) is 5.76 Å². The summed E-state index contributed by atoms with van der Waals surface area (Å²) < 4.78 is 0. The smallest absolute Gasteiger partial charge is 0.329 e. The second-order valence-electron chi connectivity index (χ2n) is 1.55. The lowest BCUT2D eigenvalue weighted by Crippen LogP contribution is -2.35. The average molecular weight is 145 g/mol. The molecule has 0 aliphatic carbocycles. The molecule has 0 saturated carbocycles. The van der Waals surface area contributed by atoms with E-state index in [0.717, 1.165) is 5.94 Å². The number of aliphatic carboxylic acids is 1. The number of carbonyl (C=O) groups excluding carboxylic acids is 1. The molecule has 0 aromatic carbocycles. The van der Waals surface area contributed by atoms with Crippen LogP contribution in [0.2, 0.25) is 0 Å². The van der Waals surface area contributed by atoms with E-state index in [-0.39, 0.29) is 0 Å². The van der Waals surface area contributed by atoms with E-state index in [9.17, 15) is 9.59 Å². The highest BCUT2D eigenvalue weighted by molar-refractivity contribution is 5.79. The topological polar surface area (TPSA) is 86.6 Å². The van der Waals surface area contributed by atoms with Gasteiger partial charge in [0.15, 0.2) is 12.0 Å². The summed E-state index contributed by atoms with van der Waals surface area (Å²) >= 11 is 0. The molecule has 0 fully saturated rings. The summed E-state index contributed by atoms with van der Waals surface area (Å²) in [4.78, 5) is 19.8. The number of carboxylic acid groups (broad SMARTS) is 1. The summed E-state index contributed by atoms with van der Waals surface area (Å²) in [5.41, 5.74) is 0. The minimum atomic E-state index is -1.35. The highest BCUT2D eigenvalue weighted by Gasteiger charge is 2.20. The number of aliphatic hydroxyl groups excluding tert-OH is 1. The second-order valence-corrected chi connectivity index (χ2v) is 1.55. The van der Waals surface area contributed by atoms with Crippen LogP contribution in [0.25, 0.3) is 0 Å². The lowest BCUT2D eigenvalue weighted by Gasteiger charge is -2.05. The Kier molecular flexibility index (Phi) is 3.17. The normalized spacial score (nSPS) is 11.7. The molecule has 0 saturated heterocycles. The summed E-state index contributed by atoms with van der Waals surface area (Å²) in [5.74, 6) is -1.09. The monoisotopic (exact) mass is 145 g/mol. The lowest BCUT2D eigenvalue weighted by atomic mass is 10.3. The number of carboxylic acids is 1. The van der Waals surface area contributed by atoms with Gasteiger partial charge < -0.3 is 15.5 Å². The van der Waals surface area contributed by atoms with Crippen molar-refractivity contribution < 1.29 is 19.8 Å². The van der Waals surface area contributed by atoms with Crippen LogP contribution in [0.3, 0.4) is 0 Å². The standard InChI is InChI=1S/C5H7NO4/c1-6-4(5(9)10)3(8)2-7/h4,6,8H,1H3,(H,9,10). The van der Waals surface area contributed by atoms with Crippen molar-refractivity contribution in [3.63, 3.8) is 0 Å². The van der Waals surface area contributed by atoms with Crippen LogP contribution in [0.4, 0.5) is 0 Å². The number of aliphatic hydroxyl groups is 1. The van der Waals surface area contributed by atoms with Gasteiger partial charge in [0.05, 0.1) is 0 Å². The molecule has 0 spiro atoms. The summed E-state index contributed by atoms with van der Waals surface area (Å²) in [6.07, 6.45) is 0. The predicted molar refractivity (Wildman–Crippen MR) is 32.3 cm³/mol. The van der Waals surface area contributed by atoms with Gasteiger partial charge in [-0.3, -0.25) is 0 Å². The Labute approximate surface area is 57.0 Å². The molecule has 0 aromatic rings. The van der Waals surface area contributed by atoms with Crippen LogP contribution in [0, 0.1) is 0 Å². The number of nitrogens with one attached hydrogen (secondary N) is 1. The molecule has 56 valence electrons. The zero-order valence-corrected chi connectivity index (χ0v) is 5.29. The van der Waals surface area contributed by atoms with Crippen molar-refractivity contribution in [2.45, 2.75) is 6.04 Å². The summed E-state index contributed by atoms with van der Waals surface area (Å²) in [7, 11) is 1.31. The minimum absolute atomic E-state index is 0.852. The van der Waals surface area contributed by atoms with Gasteiger partial charge in [-0.25, -0.2) is 9.59 Å². The third-order valence-electron chi connectivity index (χ3n) is 0.914. The molecule has 5 heteroatoms. The van der Waals surface area contributed by atoms with Crippen molar-refractivity contribution in [1.29, 1.82) is 0 Å². The van der Waals surface area contributed by atoms with Crippen molar-refractivity contribution >= 4 is 11.9 Å². The average Bonchev–Trinajstić information content (AvgIpc) is 1.88. The van der Waals surface area contributed by atoms with Crippen LogP contribution in [0.1, 0.15) is 0 Å². The third kappa shape index (κ3) is 1.89. The van der Waals surface area contributed by atoms with Gasteiger partial charge in [-0.15, -0.1) is 0 Å². The molecule has 3 N–H and O–H groups in total. The summed E-state index contributed by atoms with van der Waals surface area (Å²) in [5, 5.41) is 19.0. The van der Waals surface area contributed by atoms with E-state index in [4.69, 9.17) is 10.2 Å². The molecule has 0 radical (unpaired) electrons. The molecule has 0 bridgehead atoms. The van der Waals surface area contributed by atoms with Gasteiger partial charge in [-0.1, -0.05) is 0 Å². The molecular weight excluding hydrogens is 138 g/mol. The molecule has 0 aliphatic heterocycles. The third-order valence-corrected chi connectivity index (χ3v) is 0.914. The van der Waals surface area contributed by atoms with Gasteiger partial charge >= 0.3 is 5.97 Å². The van der Waals surface area contributed by atoms with E-state index in [2.05, 4.69) is 5.32 Å². The van der Waals surface area contributed by atoms with E-state index in [0.29, 0.717) is 0 Å². The molecule has 1 unspecified atom stereocenters. The van der Waals surface area contributed by atoms with E-state index in [1.54, 1.807) is 0 Å². The van der Waals surface area contributed by atoms with Gasteiger partial charge in [0.25, 0.3) is 0 Å². The lowest BCUT2D eigenvalue weighted by molar-refractivity contribution is -0.138. The number of likely N-dealkylation sites (N-methyl/N-ethyl adjacent to an activating group) is 1. The van der Waals surface area contributed by atoms with Crippen LogP contribution in [-0.4, -0.2) is 35.2 Å². The maximum atomic E-state index is 10.1. The fourth-order valence-electron chi connectivity index (χ4n) is 0.436. The van der Waals surface area contributed by atoms with E-state index in [1.807, 2.05) is 0 Å². The van der Waals surface area contributed by atoms with Gasteiger partial charge in [-0.05, 0) is 7.05 Å². The Morgan fingerprint density at radius 1 is 1.60 bits per heavy atom. The van der Waals surface area contributed by atoms with Crippen LogP contribution >= 0.6 is 0 Å². The first-order valence-electron chi connectivity index (χ1n) is 2.47. The SMILES string of the molecule is CNC(C(=O)O)C(O)=C=O. The molecule has 0 heterocycles. The van der Waals surface area contributed by atoms with E-state index in [1.165, 1.54) is 7.05 Å². The van der Waals surface area contributed by atoms with Gasteiger partial charge in [0.1, 0.15) is 0 Å². The van der Waals surface area contributed by atoms with Crippen molar-refractivity contribution in [3.8, 4) is 0 Å². The quantitative estimate of drug-likeness (QED) is 0.348. The zero-order valence-electron chi connectivity index (χ0n) is 5.29. The molecule has 10 heavy (non-hydrogen) atoms. The van der Waals surface area contributed by atoms with Gasteiger partial charge in [0.2, 0.25) is 5.76 Å². The Morgan fingerprint density at radius 2 is 2.10 bits per heavy atom. The maximum absolute atomic E-state index is 10.1. The fourth-order valence-corrected chi connectivity index (χ4v) is 0.436. The molecule has 0 aliphatic rings. The first-order chi connectivity index (χ1) is 4.63. The largest absolute Gasteiger partial charge is 0.500 e. The highest BCUT2D eigenvalue weighted by atomic mass is 16.4. The van der Waals surface area contributed by atoms with E-state index >= 15 is 0 Å². The van der Waals surface area contributed by atoms with Gasteiger partial charge in [0, 0.05) is 0 Å². The first kappa shape index (κ1) is 8.68. The van der Waals surface area contributed by atoms with Crippen LogP contribution < -0.4 is 5.32 Å². The number of hydrogen-bond acceptors (Lipinski definition) is 4. The first-order valence-corrected chi connectivity index (χ1v) is 2.47. The highest BCUT2D eigenvalue weighted by Crippen LogP contribution is 1.91. The Balaban J connectivity index is 4.36. The second kappa shape index (κ2) is 3.66. The molecular formula is C5H7NO4. The molecule has 0 amide bonds. The van der Waals surface area contributed by atoms with Crippen LogP contribution in [-0.2, 0) is 9.59 Å². The number of hydrogen-bond donors (Lipinski definition) is 3. The van der Waals surface area contributed by atoms with Crippen molar-refractivity contribution in [2.75, 3.05) is 7.05 Å².